The molecule has 0 aliphatic carbocycles. The van der Waals surface area contributed by atoms with Gasteiger partial charge in [-0.1, -0.05) is 5.16 Å². The molecule has 2 heterocycles. The van der Waals surface area contributed by atoms with E-state index >= 15 is 0 Å². The van der Waals surface area contributed by atoms with Gasteiger partial charge in [-0.2, -0.15) is 4.98 Å². The van der Waals surface area contributed by atoms with Gasteiger partial charge in [-0.05, 0) is 12.1 Å². The summed E-state index contributed by atoms with van der Waals surface area (Å²) in [6.45, 7) is 0.272. The molecule has 2 aromatic rings. The van der Waals surface area contributed by atoms with E-state index < -0.39 is 0 Å². The SMILES string of the molecule is NCc1nc(-c2ccc[nH]2)no1. The van der Waals surface area contributed by atoms with Crippen molar-refractivity contribution in [3.63, 3.8) is 0 Å². The first kappa shape index (κ1) is 7.05. The molecule has 0 saturated carbocycles. The Balaban J connectivity index is 2.35. The fraction of sp³-hybridized carbons (Fsp3) is 0.143. The predicted octanol–water partition coefficient (Wildman–Crippen LogP) is 0.523. The Labute approximate surface area is 68.6 Å². The van der Waals surface area contributed by atoms with Crippen LogP contribution in [0, 0.1) is 0 Å². The van der Waals surface area contributed by atoms with Crippen molar-refractivity contribution in [3.05, 3.63) is 24.2 Å². The van der Waals surface area contributed by atoms with Gasteiger partial charge in [0.15, 0.2) is 0 Å². The lowest BCUT2D eigenvalue weighted by molar-refractivity contribution is 0.380. The van der Waals surface area contributed by atoms with Crippen LogP contribution in [0.4, 0.5) is 0 Å². The van der Waals surface area contributed by atoms with Gasteiger partial charge in [-0.25, -0.2) is 0 Å². The number of H-pyrrole nitrogens is 1. The normalized spacial score (nSPS) is 10.4. The maximum atomic E-state index is 5.31. The first-order chi connectivity index (χ1) is 5.90. The monoisotopic (exact) mass is 164 g/mol. The van der Waals surface area contributed by atoms with Crippen molar-refractivity contribution in [3.8, 4) is 11.5 Å². The molecule has 0 saturated heterocycles. The van der Waals surface area contributed by atoms with Gasteiger partial charge in [0.05, 0.1) is 12.2 Å². The van der Waals surface area contributed by atoms with Crippen molar-refractivity contribution in [2.45, 2.75) is 6.54 Å². The number of rotatable bonds is 2. The highest BCUT2D eigenvalue weighted by molar-refractivity contribution is 5.47. The van der Waals surface area contributed by atoms with Crippen molar-refractivity contribution >= 4 is 0 Å². The van der Waals surface area contributed by atoms with Gasteiger partial charge in [0.1, 0.15) is 0 Å². The molecule has 62 valence electrons. The van der Waals surface area contributed by atoms with Gasteiger partial charge in [0.25, 0.3) is 0 Å². The first-order valence-corrected chi connectivity index (χ1v) is 3.56. The molecule has 0 radical (unpaired) electrons. The average Bonchev–Trinajstić information content (AvgIpc) is 2.75. The number of hydrogen-bond donors (Lipinski definition) is 2. The highest BCUT2D eigenvalue weighted by Gasteiger charge is 2.06. The Morgan fingerprint density at radius 3 is 3.08 bits per heavy atom. The molecule has 0 fully saturated rings. The van der Waals surface area contributed by atoms with Gasteiger partial charge >= 0.3 is 0 Å². The summed E-state index contributed by atoms with van der Waals surface area (Å²) < 4.78 is 4.83. The molecule has 0 atom stereocenters. The third kappa shape index (κ3) is 1.10. The smallest absolute Gasteiger partial charge is 0.240 e. The van der Waals surface area contributed by atoms with Crippen molar-refractivity contribution in [2.75, 3.05) is 0 Å². The summed E-state index contributed by atoms with van der Waals surface area (Å²) in [6.07, 6.45) is 1.80. The molecule has 5 heteroatoms. The number of nitrogens with one attached hydrogen (secondary N) is 1. The molecule has 2 aromatic heterocycles. The Kier molecular flexibility index (Phi) is 1.64. The van der Waals surface area contributed by atoms with E-state index in [1.165, 1.54) is 0 Å². The average molecular weight is 164 g/mol. The molecular weight excluding hydrogens is 156 g/mol. The molecule has 0 amide bonds. The van der Waals surface area contributed by atoms with Crippen LogP contribution in [-0.4, -0.2) is 15.1 Å². The molecule has 2 rings (SSSR count). The number of aromatic nitrogens is 3. The van der Waals surface area contributed by atoms with E-state index in [-0.39, 0.29) is 6.54 Å². The number of aromatic amines is 1. The summed E-state index contributed by atoms with van der Waals surface area (Å²) in [5.41, 5.74) is 6.14. The van der Waals surface area contributed by atoms with Crippen LogP contribution in [0.15, 0.2) is 22.9 Å². The fourth-order valence-electron chi connectivity index (χ4n) is 0.917. The summed E-state index contributed by atoms with van der Waals surface area (Å²) in [6, 6.07) is 3.74. The second kappa shape index (κ2) is 2.78. The van der Waals surface area contributed by atoms with Crippen molar-refractivity contribution in [2.24, 2.45) is 5.73 Å². The van der Waals surface area contributed by atoms with Crippen LogP contribution in [0.5, 0.6) is 0 Å². The molecule has 0 aliphatic rings. The third-order valence-corrected chi connectivity index (χ3v) is 1.48. The third-order valence-electron chi connectivity index (χ3n) is 1.48. The molecule has 0 unspecified atom stereocenters. The number of hydrogen-bond acceptors (Lipinski definition) is 4. The van der Waals surface area contributed by atoms with Crippen molar-refractivity contribution in [1.29, 1.82) is 0 Å². The minimum atomic E-state index is 0.272. The zero-order valence-electron chi connectivity index (χ0n) is 6.32. The van der Waals surface area contributed by atoms with E-state index in [0.717, 1.165) is 5.69 Å². The lowest BCUT2D eigenvalue weighted by Gasteiger charge is -1.83. The van der Waals surface area contributed by atoms with Crippen LogP contribution < -0.4 is 5.73 Å². The summed E-state index contributed by atoms with van der Waals surface area (Å²) in [5.74, 6) is 0.986. The van der Waals surface area contributed by atoms with Gasteiger partial charge in [-0.15, -0.1) is 0 Å². The van der Waals surface area contributed by atoms with E-state index in [9.17, 15) is 0 Å². The van der Waals surface area contributed by atoms with Crippen LogP contribution in [-0.2, 0) is 6.54 Å². The Morgan fingerprint density at radius 2 is 2.50 bits per heavy atom. The summed E-state index contributed by atoms with van der Waals surface area (Å²) in [4.78, 5) is 7.00. The molecule has 12 heavy (non-hydrogen) atoms. The number of nitrogens with two attached hydrogens (primary N) is 1. The maximum absolute atomic E-state index is 5.31. The van der Waals surface area contributed by atoms with Gasteiger partial charge in [-0.3, -0.25) is 0 Å². The van der Waals surface area contributed by atoms with E-state index in [0.29, 0.717) is 11.7 Å². The highest BCUT2D eigenvalue weighted by Crippen LogP contribution is 2.11. The Morgan fingerprint density at radius 1 is 1.58 bits per heavy atom. The standard InChI is InChI=1S/C7H8N4O/c8-4-6-10-7(11-12-6)5-2-1-3-9-5/h1-3,9H,4,8H2. The largest absolute Gasteiger partial charge is 0.359 e. The van der Waals surface area contributed by atoms with Crippen LogP contribution >= 0.6 is 0 Å². The molecule has 0 aromatic carbocycles. The summed E-state index contributed by atoms with van der Waals surface area (Å²) in [5, 5.41) is 3.73. The second-order valence-electron chi connectivity index (χ2n) is 2.30. The van der Waals surface area contributed by atoms with Gasteiger partial charge in [0, 0.05) is 6.20 Å². The molecule has 3 N–H and O–H groups in total. The minimum Gasteiger partial charge on any atom is -0.359 e. The van der Waals surface area contributed by atoms with E-state index in [2.05, 4.69) is 15.1 Å². The Hall–Kier alpha value is -1.62. The van der Waals surface area contributed by atoms with E-state index in [4.69, 9.17) is 10.3 Å². The van der Waals surface area contributed by atoms with Gasteiger partial charge < -0.3 is 15.2 Å². The number of nitrogens with zero attached hydrogens (tertiary/aromatic N) is 2. The minimum absolute atomic E-state index is 0.272. The zero-order valence-corrected chi connectivity index (χ0v) is 6.32. The Bertz CT molecular complexity index is 351. The molecule has 0 spiro atoms. The van der Waals surface area contributed by atoms with Crippen LogP contribution in [0.1, 0.15) is 5.89 Å². The quantitative estimate of drug-likeness (QED) is 0.678. The molecule has 0 bridgehead atoms. The van der Waals surface area contributed by atoms with Crippen molar-refractivity contribution in [1.82, 2.24) is 15.1 Å². The molecular formula is C7H8N4O. The summed E-state index contributed by atoms with van der Waals surface area (Å²) in [7, 11) is 0. The predicted molar refractivity (Wildman–Crippen MR) is 42.0 cm³/mol. The topological polar surface area (TPSA) is 80.7 Å². The maximum Gasteiger partial charge on any atom is 0.240 e. The van der Waals surface area contributed by atoms with E-state index in [1.54, 1.807) is 6.20 Å². The highest BCUT2D eigenvalue weighted by atomic mass is 16.5. The van der Waals surface area contributed by atoms with Crippen LogP contribution in [0.25, 0.3) is 11.5 Å². The molecule has 5 nitrogen and oxygen atoms in total. The zero-order chi connectivity index (χ0) is 8.39. The summed E-state index contributed by atoms with van der Waals surface area (Å²) >= 11 is 0. The van der Waals surface area contributed by atoms with Crippen LogP contribution in [0.3, 0.4) is 0 Å². The van der Waals surface area contributed by atoms with Crippen molar-refractivity contribution < 1.29 is 4.52 Å². The van der Waals surface area contributed by atoms with E-state index in [1.807, 2.05) is 12.1 Å². The molecule has 0 aliphatic heterocycles. The van der Waals surface area contributed by atoms with Gasteiger partial charge in [0.2, 0.25) is 11.7 Å². The fourth-order valence-corrected chi connectivity index (χ4v) is 0.917. The van der Waals surface area contributed by atoms with Crippen LogP contribution in [0.2, 0.25) is 0 Å². The first-order valence-electron chi connectivity index (χ1n) is 3.56. The second-order valence-corrected chi connectivity index (χ2v) is 2.30. The lowest BCUT2D eigenvalue weighted by atomic mass is 10.4. The lowest BCUT2D eigenvalue weighted by Crippen LogP contribution is -1.95.